The average Bonchev–Trinajstić information content (AvgIpc) is 3.47. The number of hydrogen-bond donors (Lipinski definition) is 5. The average molecular weight is 497 g/mol. The summed E-state index contributed by atoms with van der Waals surface area (Å²) in [5.74, 6) is -0.221. The lowest BCUT2D eigenvalue weighted by molar-refractivity contribution is 0.101. The molecular weight excluding hydrogens is 468 g/mol. The van der Waals surface area contributed by atoms with Crippen LogP contribution in [0.15, 0.2) is 85.2 Å². The Morgan fingerprint density at radius 1 is 0.784 bits per heavy atom. The zero-order valence-corrected chi connectivity index (χ0v) is 20.1. The lowest BCUT2D eigenvalue weighted by atomic mass is 10.1. The molecule has 0 unspecified atom stereocenters. The van der Waals surface area contributed by atoms with Crippen LogP contribution in [0.4, 0.5) is 28.4 Å². The molecular formula is C28H28N6O3. The summed E-state index contributed by atoms with van der Waals surface area (Å²) in [6, 6.07) is 22.3. The Kier molecular flexibility index (Phi) is 7.14. The number of carbonyl (C=O) groups is 2. The van der Waals surface area contributed by atoms with Gasteiger partial charge in [-0.15, -0.1) is 0 Å². The Hall–Kier alpha value is -4.63. The molecule has 4 aromatic rings. The Morgan fingerprint density at radius 2 is 1.32 bits per heavy atom. The van der Waals surface area contributed by atoms with Crippen LogP contribution in [-0.4, -0.2) is 46.1 Å². The summed E-state index contributed by atoms with van der Waals surface area (Å²) in [5.41, 5.74) is 4.72. The second-order valence-corrected chi connectivity index (χ2v) is 8.89. The molecule has 2 heterocycles. The van der Waals surface area contributed by atoms with Gasteiger partial charge in [0, 0.05) is 59.5 Å². The molecule has 1 aliphatic rings. The molecule has 37 heavy (non-hydrogen) atoms. The number of imidazole rings is 1. The summed E-state index contributed by atoms with van der Waals surface area (Å²) in [7, 11) is 0. The third-order valence-corrected chi connectivity index (χ3v) is 6.25. The fourth-order valence-corrected chi connectivity index (χ4v) is 4.17. The molecule has 0 atom stereocenters. The molecule has 0 bridgehead atoms. The monoisotopic (exact) mass is 496 g/mol. The van der Waals surface area contributed by atoms with Gasteiger partial charge in [0.15, 0.2) is 5.82 Å². The first-order valence-corrected chi connectivity index (χ1v) is 12.2. The van der Waals surface area contributed by atoms with Crippen molar-refractivity contribution >= 4 is 40.3 Å². The zero-order chi connectivity index (χ0) is 25.6. The summed E-state index contributed by atoms with van der Waals surface area (Å²) in [4.78, 5) is 33.7. The van der Waals surface area contributed by atoms with Crippen LogP contribution in [-0.2, 0) is 0 Å². The largest absolute Gasteiger partial charge is 0.393 e. The van der Waals surface area contributed by atoms with E-state index < -0.39 is 0 Å². The van der Waals surface area contributed by atoms with E-state index in [1.165, 1.54) is 6.20 Å². The maximum atomic E-state index is 12.7. The Bertz CT molecular complexity index is 1330. The molecule has 2 amide bonds. The van der Waals surface area contributed by atoms with Crippen molar-refractivity contribution in [2.45, 2.75) is 18.9 Å². The quantitative estimate of drug-likeness (QED) is 0.255. The van der Waals surface area contributed by atoms with Crippen LogP contribution >= 0.6 is 0 Å². The molecule has 5 rings (SSSR count). The van der Waals surface area contributed by atoms with Gasteiger partial charge in [0.2, 0.25) is 0 Å². The van der Waals surface area contributed by atoms with Gasteiger partial charge in [0.25, 0.3) is 11.8 Å². The van der Waals surface area contributed by atoms with Crippen LogP contribution in [0, 0.1) is 0 Å². The molecule has 1 aromatic heterocycles. The van der Waals surface area contributed by atoms with E-state index in [4.69, 9.17) is 0 Å². The van der Waals surface area contributed by atoms with E-state index in [0.29, 0.717) is 16.9 Å². The van der Waals surface area contributed by atoms with Gasteiger partial charge in [-0.05, 0) is 85.6 Å². The smallest absolute Gasteiger partial charge is 0.291 e. The molecule has 3 aromatic carbocycles. The Morgan fingerprint density at radius 3 is 1.86 bits per heavy atom. The molecule has 9 nitrogen and oxygen atoms in total. The number of amides is 2. The van der Waals surface area contributed by atoms with Crippen molar-refractivity contribution in [3.05, 3.63) is 96.6 Å². The molecule has 188 valence electrons. The van der Waals surface area contributed by atoms with E-state index in [0.717, 1.165) is 43.0 Å². The number of carbonyl (C=O) groups excluding carboxylic acids is 2. The van der Waals surface area contributed by atoms with Gasteiger partial charge in [-0.25, -0.2) is 4.98 Å². The Labute approximate surface area is 214 Å². The fourth-order valence-electron chi connectivity index (χ4n) is 4.17. The molecule has 1 fully saturated rings. The van der Waals surface area contributed by atoms with Crippen LogP contribution in [0.1, 0.15) is 33.8 Å². The first-order chi connectivity index (χ1) is 18.0. The minimum Gasteiger partial charge on any atom is -0.393 e. The number of H-pyrrole nitrogens is 1. The first-order valence-electron chi connectivity index (χ1n) is 12.2. The van der Waals surface area contributed by atoms with Gasteiger partial charge in [-0.2, -0.15) is 0 Å². The van der Waals surface area contributed by atoms with E-state index >= 15 is 0 Å². The number of piperidine rings is 1. The number of nitrogens with one attached hydrogen (secondary N) is 4. The number of aliphatic hydroxyl groups excluding tert-OH is 1. The van der Waals surface area contributed by atoms with Crippen molar-refractivity contribution in [2.75, 3.05) is 33.9 Å². The summed E-state index contributed by atoms with van der Waals surface area (Å²) < 4.78 is 0. The second-order valence-electron chi connectivity index (χ2n) is 8.89. The maximum Gasteiger partial charge on any atom is 0.291 e. The van der Waals surface area contributed by atoms with Crippen LogP contribution in [0.25, 0.3) is 0 Å². The third-order valence-electron chi connectivity index (χ3n) is 6.25. The van der Waals surface area contributed by atoms with Gasteiger partial charge in [-0.3, -0.25) is 9.59 Å². The maximum absolute atomic E-state index is 12.7. The Balaban J connectivity index is 1.13. The SMILES string of the molecule is O=C(Nc1ccc(Nc2ccc(NC(=O)c3ncc[nH]3)cc2)cc1)c1ccc(N2CCC(O)CC2)cc1. The third kappa shape index (κ3) is 6.14. The summed E-state index contributed by atoms with van der Waals surface area (Å²) in [6.45, 7) is 1.64. The molecule has 1 aliphatic heterocycles. The zero-order valence-electron chi connectivity index (χ0n) is 20.1. The van der Waals surface area contributed by atoms with Crippen LogP contribution in [0.2, 0.25) is 0 Å². The van der Waals surface area contributed by atoms with Gasteiger partial charge in [0.05, 0.1) is 6.10 Å². The fraction of sp³-hybridized carbons (Fsp3) is 0.179. The molecule has 0 spiro atoms. The highest BCUT2D eigenvalue weighted by Crippen LogP contribution is 2.23. The van der Waals surface area contributed by atoms with Crippen molar-refractivity contribution < 1.29 is 14.7 Å². The lowest BCUT2D eigenvalue weighted by Gasteiger charge is -2.31. The number of aromatic nitrogens is 2. The molecule has 0 aliphatic carbocycles. The predicted octanol–water partition coefficient (Wildman–Crippen LogP) is 4.62. The van der Waals surface area contributed by atoms with E-state index in [1.54, 1.807) is 18.3 Å². The standard InChI is InChI=1S/C28H28N6O3/c35-25-13-17-34(18-14-25)24-11-1-19(2-12-24)27(36)32-22-7-3-20(4-8-22)31-21-5-9-23(10-6-21)33-28(37)26-29-15-16-30-26/h1-12,15-16,25,31,35H,13-14,17-18H2,(H,29,30)(H,32,36)(H,33,37). The molecule has 0 saturated carbocycles. The normalized spacial score (nSPS) is 13.7. The summed E-state index contributed by atoms with van der Waals surface area (Å²) in [6.07, 6.45) is 4.45. The molecule has 5 N–H and O–H groups in total. The van der Waals surface area contributed by atoms with Crippen molar-refractivity contribution in [1.29, 1.82) is 0 Å². The van der Waals surface area contributed by atoms with Crippen molar-refractivity contribution in [2.24, 2.45) is 0 Å². The number of hydrogen-bond acceptors (Lipinski definition) is 6. The predicted molar refractivity (Wildman–Crippen MR) is 145 cm³/mol. The highest BCUT2D eigenvalue weighted by molar-refractivity contribution is 6.04. The number of anilines is 5. The van der Waals surface area contributed by atoms with Gasteiger partial charge >= 0.3 is 0 Å². The van der Waals surface area contributed by atoms with Crippen molar-refractivity contribution in [3.8, 4) is 0 Å². The highest BCUT2D eigenvalue weighted by atomic mass is 16.3. The minimum atomic E-state index is -0.304. The van der Waals surface area contributed by atoms with Crippen molar-refractivity contribution in [1.82, 2.24) is 9.97 Å². The van der Waals surface area contributed by atoms with Crippen LogP contribution in [0.3, 0.4) is 0 Å². The number of benzene rings is 3. The topological polar surface area (TPSA) is 122 Å². The van der Waals surface area contributed by atoms with Crippen molar-refractivity contribution in [3.63, 3.8) is 0 Å². The lowest BCUT2D eigenvalue weighted by Crippen LogP contribution is -2.35. The van der Waals surface area contributed by atoms with Gasteiger partial charge in [0.1, 0.15) is 0 Å². The van der Waals surface area contributed by atoms with E-state index in [-0.39, 0.29) is 23.7 Å². The van der Waals surface area contributed by atoms with Crippen LogP contribution in [0.5, 0.6) is 0 Å². The van der Waals surface area contributed by atoms with Gasteiger partial charge in [-0.1, -0.05) is 0 Å². The molecule has 1 saturated heterocycles. The number of aliphatic hydroxyl groups is 1. The first kappa shape index (κ1) is 24.1. The van der Waals surface area contributed by atoms with E-state index in [2.05, 4.69) is 30.8 Å². The summed E-state index contributed by atoms with van der Waals surface area (Å²) >= 11 is 0. The number of rotatable bonds is 7. The number of nitrogens with zero attached hydrogens (tertiary/aromatic N) is 2. The molecule has 0 radical (unpaired) electrons. The second kappa shape index (κ2) is 11.0. The van der Waals surface area contributed by atoms with E-state index in [9.17, 15) is 14.7 Å². The minimum absolute atomic E-state index is 0.173. The molecule has 9 heteroatoms. The van der Waals surface area contributed by atoms with Crippen LogP contribution < -0.4 is 20.9 Å². The highest BCUT2D eigenvalue weighted by Gasteiger charge is 2.17. The van der Waals surface area contributed by atoms with E-state index in [1.807, 2.05) is 60.7 Å². The van der Waals surface area contributed by atoms with Gasteiger partial charge < -0.3 is 30.9 Å². The number of aromatic amines is 1. The summed E-state index contributed by atoms with van der Waals surface area (Å²) in [5, 5.41) is 18.7.